The molecule has 2 aliphatic heterocycles. The second-order valence-corrected chi connectivity index (χ2v) is 8.55. The molecule has 1 aromatic heterocycles. The van der Waals surface area contributed by atoms with Crippen molar-refractivity contribution in [3.05, 3.63) is 65.7 Å². The average molecular weight is 449 g/mol. The molecule has 33 heavy (non-hydrogen) atoms. The molecule has 9 heteroatoms. The Labute approximate surface area is 190 Å². The first-order chi connectivity index (χ1) is 15.9. The van der Waals surface area contributed by atoms with Gasteiger partial charge in [0.05, 0.1) is 25.2 Å². The molecule has 3 N–H and O–H groups in total. The largest absolute Gasteiger partial charge is 0.399 e. The lowest BCUT2D eigenvalue weighted by molar-refractivity contribution is -0.0507. The van der Waals surface area contributed by atoms with Gasteiger partial charge >= 0.3 is 0 Å². The number of hydrogen-bond acceptors (Lipinski definition) is 7. The van der Waals surface area contributed by atoms with E-state index in [1.807, 2.05) is 23.1 Å². The summed E-state index contributed by atoms with van der Waals surface area (Å²) in [7, 11) is 1.65. The molecule has 5 rings (SSSR count). The molecule has 0 atom stereocenters. The highest BCUT2D eigenvalue weighted by Gasteiger charge is 2.49. The molecule has 3 aromatic rings. The summed E-state index contributed by atoms with van der Waals surface area (Å²) in [6.07, 6.45) is 3.15. The van der Waals surface area contributed by atoms with Crippen LogP contribution < -0.4 is 10.6 Å². The summed E-state index contributed by atoms with van der Waals surface area (Å²) in [6.45, 7) is 1.94. The van der Waals surface area contributed by atoms with Gasteiger partial charge in [-0.15, -0.1) is 0 Å². The number of aromatic nitrogens is 2. The van der Waals surface area contributed by atoms with Crippen LogP contribution in [0.4, 0.5) is 21.7 Å². The van der Waals surface area contributed by atoms with Crippen LogP contribution in [0.15, 0.2) is 48.8 Å². The normalized spacial score (nSPS) is 15.9. The highest BCUT2D eigenvalue weighted by molar-refractivity contribution is 5.96. The molecule has 8 nitrogen and oxygen atoms in total. The van der Waals surface area contributed by atoms with Crippen LogP contribution in [0.3, 0.4) is 0 Å². The second kappa shape index (κ2) is 8.09. The predicted molar refractivity (Wildman–Crippen MR) is 122 cm³/mol. The third-order valence-corrected chi connectivity index (χ3v) is 6.29. The number of anilines is 3. The van der Waals surface area contributed by atoms with E-state index in [0.717, 1.165) is 11.3 Å². The number of benzene rings is 2. The average Bonchev–Trinajstić information content (AvgIpc) is 3.16. The van der Waals surface area contributed by atoms with Crippen molar-refractivity contribution in [1.82, 2.24) is 14.9 Å². The highest BCUT2D eigenvalue weighted by atomic mass is 19.1. The maximum atomic E-state index is 14.3. The van der Waals surface area contributed by atoms with Crippen molar-refractivity contribution in [1.29, 1.82) is 0 Å². The number of hydrogen-bond donors (Lipinski definition) is 2. The number of nitrogen functional groups attached to an aromatic ring is 1. The minimum Gasteiger partial charge on any atom is -0.399 e. The molecule has 2 aliphatic rings. The summed E-state index contributed by atoms with van der Waals surface area (Å²) in [4.78, 5) is 25.2. The number of ether oxygens (including phenoxy) is 1. The van der Waals surface area contributed by atoms with Crippen LogP contribution in [0, 0.1) is 5.82 Å². The van der Waals surface area contributed by atoms with Crippen LogP contribution in [0.2, 0.25) is 0 Å². The van der Waals surface area contributed by atoms with Crippen molar-refractivity contribution >= 4 is 23.2 Å². The van der Waals surface area contributed by atoms with Gasteiger partial charge in [-0.1, -0.05) is 6.07 Å². The number of nitrogens with zero attached hydrogens (tertiary/aromatic N) is 4. The van der Waals surface area contributed by atoms with E-state index in [-0.39, 0.29) is 24.5 Å². The number of carbonyl (C=O) groups excluding carboxylic acids is 1. The van der Waals surface area contributed by atoms with Gasteiger partial charge in [0.25, 0.3) is 5.91 Å². The lowest BCUT2D eigenvalue weighted by Crippen LogP contribution is -2.49. The zero-order chi connectivity index (χ0) is 23.2. The van der Waals surface area contributed by atoms with E-state index in [4.69, 9.17) is 15.6 Å². The van der Waals surface area contributed by atoms with Gasteiger partial charge in [0.2, 0.25) is 5.95 Å². The van der Waals surface area contributed by atoms with Gasteiger partial charge in [-0.3, -0.25) is 4.79 Å². The van der Waals surface area contributed by atoms with E-state index in [2.05, 4.69) is 9.97 Å². The molecule has 1 amide bonds. The lowest BCUT2D eigenvalue weighted by atomic mass is 9.80. The SMILES string of the molecule is CN(CCO)C(=O)c1ccc2c(c1)N(c1ncc(-c3cc(N)ccc3F)cn1)CC21COC1. The maximum absolute atomic E-state index is 14.3. The van der Waals surface area contributed by atoms with Crippen LogP contribution >= 0.6 is 0 Å². The van der Waals surface area contributed by atoms with Gasteiger partial charge in [0.1, 0.15) is 5.82 Å². The van der Waals surface area contributed by atoms with Crippen LogP contribution in [-0.2, 0) is 10.2 Å². The van der Waals surface area contributed by atoms with Gasteiger partial charge in [0.15, 0.2) is 0 Å². The molecule has 0 radical (unpaired) electrons. The minimum absolute atomic E-state index is 0.104. The molecular formula is C24H24FN5O3. The number of rotatable bonds is 5. The monoisotopic (exact) mass is 449 g/mol. The number of carbonyl (C=O) groups is 1. The van der Waals surface area contributed by atoms with Crippen LogP contribution in [0.5, 0.6) is 0 Å². The first-order valence-electron chi connectivity index (χ1n) is 10.7. The standard InChI is InChI=1S/C24H24FN5O3/c1-29(6-7-31)22(32)15-2-4-19-21(8-15)30(12-24(19)13-33-14-24)23-27-10-16(11-28-23)18-9-17(26)3-5-20(18)25/h2-5,8-11,31H,6-7,12-14,26H2,1H3. The third kappa shape index (κ3) is 3.59. The molecule has 1 saturated heterocycles. The van der Waals surface area contributed by atoms with Crippen molar-refractivity contribution in [2.75, 3.05) is 50.6 Å². The van der Waals surface area contributed by atoms with Crippen LogP contribution in [0.1, 0.15) is 15.9 Å². The Balaban J connectivity index is 1.50. The number of halogens is 1. The van der Waals surface area contributed by atoms with E-state index in [0.29, 0.717) is 48.1 Å². The van der Waals surface area contributed by atoms with Crippen molar-refractivity contribution in [2.45, 2.75) is 5.41 Å². The number of aliphatic hydroxyl groups is 1. The smallest absolute Gasteiger partial charge is 0.253 e. The Morgan fingerprint density at radius 3 is 2.67 bits per heavy atom. The van der Waals surface area contributed by atoms with E-state index in [1.165, 1.54) is 17.0 Å². The van der Waals surface area contributed by atoms with Crippen LogP contribution in [-0.4, -0.2) is 65.8 Å². The number of likely N-dealkylation sites (N-methyl/N-ethyl adjacent to an activating group) is 1. The molecule has 0 unspecified atom stereocenters. The molecule has 2 aromatic carbocycles. The first kappa shape index (κ1) is 21.3. The van der Waals surface area contributed by atoms with Gasteiger partial charge in [-0.2, -0.15) is 0 Å². The van der Waals surface area contributed by atoms with Gasteiger partial charge in [-0.05, 0) is 35.9 Å². The summed E-state index contributed by atoms with van der Waals surface area (Å²) in [5.41, 5.74) is 9.42. The Hall–Kier alpha value is -3.56. The minimum atomic E-state index is -0.396. The number of nitrogens with two attached hydrogens (primary N) is 1. The van der Waals surface area contributed by atoms with Crippen molar-refractivity contribution < 1.29 is 19.0 Å². The van der Waals surface area contributed by atoms with E-state index < -0.39 is 5.82 Å². The maximum Gasteiger partial charge on any atom is 0.253 e. The fourth-order valence-electron chi connectivity index (χ4n) is 4.42. The molecule has 1 spiro atoms. The Morgan fingerprint density at radius 2 is 2.00 bits per heavy atom. The zero-order valence-electron chi connectivity index (χ0n) is 18.2. The van der Waals surface area contributed by atoms with E-state index >= 15 is 0 Å². The molecule has 170 valence electrons. The highest BCUT2D eigenvalue weighted by Crippen LogP contribution is 2.48. The molecule has 3 heterocycles. The fraction of sp³-hybridized carbons (Fsp3) is 0.292. The van der Waals surface area contributed by atoms with Crippen molar-refractivity contribution in [2.24, 2.45) is 0 Å². The Bertz CT molecular complexity index is 1210. The van der Waals surface area contributed by atoms with E-state index in [9.17, 15) is 9.18 Å². The van der Waals surface area contributed by atoms with Gasteiger partial charge in [0, 0.05) is 60.6 Å². The summed E-state index contributed by atoms with van der Waals surface area (Å²) < 4.78 is 19.8. The quantitative estimate of drug-likeness (QED) is 0.576. The number of aliphatic hydroxyl groups excluding tert-OH is 1. The first-order valence-corrected chi connectivity index (χ1v) is 10.7. The summed E-state index contributed by atoms with van der Waals surface area (Å²) in [6, 6.07) is 10.0. The Kier molecular flexibility index (Phi) is 5.22. The predicted octanol–water partition coefficient (Wildman–Crippen LogP) is 2.35. The molecule has 1 fully saturated rings. The third-order valence-electron chi connectivity index (χ3n) is 6.29. The van der Waals surface area contributed by atoms with Crippen LogP contribution in [0.25, 0.3) is 11.1 Å². The topological polar surface area (TPSA) is 105 Å². The summed E-state index contributed by atoms with van der Waals surface area (Å²) in [5.74, 6) is -0.111. The summed E-state index contributed by atoms with van der Waals surface area (Å²) in [5, 5.41) is 9.16. The summed E-state index contributed by atoms with van der Waals surface area (Å²) >= 11 is 0. The number of fused-ring (bicyclic) bond motifs is 2. The zero-order valence-corrected chi connectivity index (χ0v) is 18.2. The van der Waals surface area contributed by atoms with Gasteiger partial charge < -0.3 is 25.4 Å². The second-order valence-electron chi connectivity index (χ2n) is 8.55. The van der Waals surface area contributed by atoms with Crippen molar-refractivity contribution in [3.8, 4) is 11.1 Å². The van der Waals surface area contributed by atoms with E-state index in [1.54, 1.807) is 25.5 Å². The lowest BCUT2D eigenvalue weighted by Gasteiger charge is -2.38. The molecular weight excluding hydrogens is 425 g/mol. The molecule has 0 aliphatic carbocycles. The van der Waals surface area contributed by atoms with Crippen molar-refractivity contribution in [3.63, 3.8) is 0 Å². The molecule has 0 bridgehead atoms. The molecule has 0 saturated carbocycles. The number of amides is 1. The fourth-order valence-corrected chi connectivity index (χ4v) is 4.42. The van der Waals surface area contributed by atoms with Gasteiger partial charge in [-0.25, -0.2) is 14.4 Å². The Morgan fingerprint density at radius 1 is 1.24 bits per heavy atom.